The van der Waals surface area contributed by atoms with Crippen LogP contribution in [0.4, 0.5) is 0 Å². The van der Waals surface area contributed by atoms with Gasteiger partial charge in [0.15, 0.2) is 6.61 Å². The SMILES string of the molecule is CN1C(=O)[C@H](CCCCN)NC(=O)[C@H](CCCN)NCc2cccnc2Sc2c(Cl)ccc(-c3ccc(OCC(=O)O)cc3)c2CNC(=O)[C@@H]1Cc1c[nH]c2ccccc12. The van der Waals surface area contributed by atoms with Gasteiger partial charge in [-0.3, -0.25) is 14.4 Å². The highest BCUT2D eigenvalue weighted by Crippen LogP contribution is 2.41. The van der Waals surface area contributed by atoms with Crippen LogP contribution in [0.25, 0.3) is 22.0 Å². The van der Waals surface area contributed by atoms with E-state index in [9.17, 15) is 19.2 Å². The van der Waals surface area contributed by atoms with Gasteiger partial charge in [0.25, 0.3) is 0 Å². The molecule has 60 heavy (non-hydrogen) atoms. The van der Waals surface area contributed by atoms with E-state index in [0.29, 0.717) is 71.5 Å². The second kappa shape index (κ2) is 21.2. The van der Waals surface area contributed by atoms with Crippen molar-refractivity contribution >= 4 is 58.0 Å². The maximum atomic E-state index is 14.7. The minimum atomic E-state index is -1.09. The minimum absolute atomic E-state index is 0.0268. The van der Waals surface area contributed by atoms with Gasteiger partial charge in [0.2, 0.25) is 17.7 Å². The number of carboxylic acids is 1. The molecule has 5 aromatic rings. The van der Waals surface area contributed by atoms with Gasteiger partial charge in [0, 0.05) is 54.8 Å². The molecule has 16 heteroatoms. The molecule has 0 radical (unpaired) electrons. The van der Waals surface area contributed by atoms with E-state index < -0.39 is 42.5 Å². The summed E-state index contributed by atoms with van der Waals surface area (Å²) in [5.41, 5.74) is 16.5. The van der Waals surface area contributed by atoms with E-state index in [1.165, 1.54) is 16.7 Å². The molecule has 0 saturated carbocycles. The van der Waals surface area contributed by atoms with Crippen LogP contribution in [-0.2, 0) is 38.7 Å². The number of rotatable bonds is 13. The number of nitrogens with one attached hydrogen (secondary N) is 4. The number of unbranched alkanes of at least 4 members (excludes halogenated alkanes) is 1. The van der Waals surface area contributed by atoms with Crippen molar-refractivity contribution in [3.63, 3.8) is 0 Å². The average molecular weight is 855 g/mol. The Morgan fingerprint density at radius 1 is 0.933 bits per heavy atom. The molecule has 1 aliphatic heterocycles. The van der Waals surface area contributed by atoms with E-state index in [0.717, 1.165) is 33.2 Å². The second-order valence-corrected chi connectivity index (χ2v) is 16.0. The van der Waals surface area contributed by atoms with Crippen molar-refractivity contribution in [3.8, 4) is 16.9 Å². The van der Waals surface area contributed by atoms with Crippen LogP contribution in [0.15, 0.2) is 95.1 Å². The van der Waals surface area contributed by atoms with Crippen LogP contribution in [-0.4, -0.2) is 88.5 Å². The quantitative estimate of drug-likeness (QED) is 0.0782. The van der Waals surface area contributed by atoms with Gasteiger partial charge in [-0.25, -0.2) is 9.78 Å². The van der Waals surface area contributed by atoms with Gasteiger partial charge in [-0.15, -0.1) is 0 Å². The number of ether oxygens (including phenoxy) is 1. The third kappa shape index (κ3) is 11.0. The first kappa shape index (κ1) is 44.1. The molecule has 1 aliphatic rings. The fourth-order valence-corrected chi connectivity index (χ4v) is 8.63. The highest BCUT2D eigenvalue weighted by atomic mass is 35.5. The van der Waals surface area contributed by atoms with Crippen molar-refractivity contribution in [2.75, 3.05) is 26.7 Å². The van der Waals surface area contributed by atoms with E-state index in [2.05, 4.69) is 20.9 Å². The number of hydrogen-bond acceptors (Lipinski definition) is 10. The molecular formula is C44H51ClN8O6S. The zero-order valence-electron chi connectivity index (χ0n) is 33.4. The number of benzene rings is 3. The maximum Gasteiger partial charge on any atom is 0.341 e. The van der Waals surface area contributed by atoms with Crippen molar-refractivity contribution in [1.82, 2.24) is 30.8 Å². The van der Waals surface area contributed by atoms with E-state index in [4.69, 9.17) is 37.9 Å². The first-order valence-electron chi connectivity index (χ1n) is 20.0. The number of likely N-dealkylation sites (N-methyl/N-ethyl adjacent to an activating group) is 1. The lowest BCUT2D eigenvalue weighted by Gasteiger charge is -2.32. The molecule has 0 bridgehead atoms. The summed E-state index contributed by atoms with van der Waals surface area (Å²) in [6, 6.07) is 19.6. The van der Waals surface area contributed by atoms with Crippen LogP contribution in [0.1, 0.15) is 48.8 Å². The van der Waals surface area contributed by atoms with Gasteiger partial charge >= 0.3 is 5.97 Å². The standard InChI is InChI=1S/C44H51ClN8O6S/c1-53-38(22-29-24-49-35-10-3-2-9-32(29)35)42(57)51-25-33-31(27-13-15-30(16-14-27)59-26-39(54)55)17-18-34(45)40(33)60-43-28(8-7-21-48-43)23-50-36(12-6-20-47)41(56)52-37(44(53)58)11-4-5-19-46/h2-3,7-10,13-18,21,24,36-38,49-50H,4-6,11-12,19-20,22-23,25-26,46-47H2,1H3,(H,51,57)(H,52,56)(H,54,55)/t36-,37-,38-/m0/s1. The normalized spacial score (nSPS) is 18.0. The van der Waals surface area contributed by atoms with Gasteiger partial charge in [-0.05, 0) is 103 Å². The van der Waals surface area contributed by atoms with E-state index in [1.54, 1.807) is 31.4 Å². The molecule has 0 aliphatic carbocycles. The van der Waals surface area contributed by atoms with Crippen molar-refractivity contribution in [3.05, 3.63) is 107 Å². The van der Waals surface area contributed by atoms with Crippen molar-refractivity contribution in [1.29, 1.82) is 0 Å². The fourth-order valence-electron chi connectivity index (χ4n) is 7.29. The first-order valence-corrected chi connectivity index (χ1v) is 21.2. The van der Waals surface area contributed by atoms with Crippen LogP contribution in [0.3, 0.4) is 0 Å². The van der Waals surface area contributed by atoms with Gasteiger partial charge < -0.3 is 47.1 Å². The Hall–Kier alpha value is -5.45. The molecule has 316 valence electrons. The third-order valence-electron chi connectivity index (χ3n) is 10.5. The van der Waals surface area contributed by atoms with Crippen molar-refractivity contribution in [2.45, 2.75) is 79.7 Å². The lowest BCUT2D eigenvalue weighted by molar-refractivity contribution is -0.142. The number of carboxylic acid groups (broad SMARTS) is 1. The molecule has 3 atom stereocenters. The van der Waals surface area contributed by atoms with Crippen molar-refractivity contribution < 1.29 is 29.0 Å². The van der Waals surface area contributed by atoms with E-state index in [1.807, 2.05) is 60.8 Å². The number of pyridine rings is 1. The van der Waals surface area contributed by atoms with Crippen LogP contribution < -0.4 is 32.2 Å². The number of para-hydroxylation sites is 1. The smallest absolute Gasteiger partial charge is 0.341 e. The average Bonchev–Trinajstić information content (AvgIpc) is 3.67. The monoisotopic (exact) mass is 854 g/mol. The summed E-state index contributed by atoms with van der Waals surface area (Å²) in [7, 11) is 1.60. The number of carbonyl (C=O) groups is 4. The summed E-state index contributed by atoms with van der Waals surface area (Å²) in [5, 5.41) is 20.7. The number of fused-ring (bicyclic) bond motifs is 3. The Kier molecular flexibility index (Phi) is 15.6. The second-order valence-electron chi connectivity index (χ2n) is 14.6. The largest absolute Gasteiger partial charge is 0.482 e. The molecular weight excluding hydrogens is 804 g/mol. The number of aromatic nitrogens is 2. The lowest BCUT2D eigenvalue weighted by atomic mass is 9.98. The molecule has 14 nitrogen and oxygen atoms in total. The molecule has 0 unspecified atom stereocenters. The van der Waals surface area contributed by atoms with E-state index >= 15 is 0 Å². The molecule has 3 amide bonds. The van der Waals surface area contributed by atoms with Gasteiger partial charge in [-0.2, -0.15) is 0 Å². The molecule has 3 aromatic carbocycles. The van der Waals surface area contributed by atoms with Crippen LogP contribution in [0, 0.1) is 0 Å². The fraction of sp³-hybridized carbons (Fsp3) is 0.341. The zero-order chi connectivity index (χ0) is 42.6. The predicted molar refractivity (Wildman–Crippen MR) is 233 cm³/mol. The number of aromatic amines is 1. The van der Waals surface area contributed by atoms with Crippen LogP contribution in [0.2, 0.25) is 5.02 Å². The van der Waals surface area contributed by atoms with Gasteiger partial charge in [0.05, 0.1) is 11.1 Å². The number of hydrogen-bond donors (Lipinski definition) is 7. The summed E-state index contributed by atoms with van der Waals surface area (Å²) in [6.07, 6.45) is 6.28. The number of carbonyl (C=O) groups excluding carboxylic acids is 3. The van der Waals surface area contributed by atoms with Gasteiger partial charge in [0.1, 0.15) is 22.9 Å². The molecule has 9 N–H and O–H groups in total. The molecule has 6 rings (SSSR count). The van der Waals surface area contributed by atoms with Gasteiger partial charge in [-0.1, -0.05) is 65.8 Å². The molecule has 3 heterocycles. The summed E-state index contributed by atoms with van der Waals surface area (Å²) in [5.74, 6) is -1.86. The number of aliphatic carboxylic acids is 1. The zero-order valence-corrected chi connectivity index (χ0v) is 35.0. The Labute approximate surface area is 358 Å². The predicted octanol–water partition coefficient (Wildman–Crippen LogP) is 5.01. The maximum absolute atomic E-state index is 14.7. The van der Waals surface area contributed by atoms with Crippen LogP contribution in [0.5, 0.6) is 5.75 Å². The molecule has 0 fully saturated rings. The Bertz CT molecular complexity index is 2290. The van der Waals surface area contributed by atoms with E-state index in [-0.39, 0.29) is 25.4 Å². The number of nitrogens with zero attached hydrogens (tertiary/aromatic N) is 2. The number of nitrogens with two attached hydrogens (primary N) is 2. The highest BCUT2D eigenvalue weighted by molar-refractivity contribution is 7.99. The number of H-pyrrole nitrogens is 1. The highest BCUT2D eigenvalue weighted by Gasteiger charge is 2.34. The number of halogens is 1. The first-order chi connectivity index (χ1) is 29.1. The lowest BCUT2D eigenvalue weighted by Crippen LogP contribution is -2.57. The van der Waals surface area contributed by atoms with Crippen LogP contribution >= 0.6 is 23.4 Å². The summed E-state index contributed by atoms with van der Waals surface area (Å²) in [4.78, 5) is 64.7. The Morgan fingerprint density at radius 2 is 1.70 bits per heavy atom. The Morgan fingerprint density at radius 3 is 2.47 bits per heavy atom. The Balaban J connectivity index is 1.46. The molecule has 2 aromatic heterocycles. The summed E-state index contributed by atoms with van der Waals surface area (Å²) >= 11 is 8.38. The minimum Gasteiger partial charge on any atom is -0.482 e. The summed E-state index contributed by atoms with van der Waals surface area (Å²) < 4.78 is 5.39. The molecule has 0 saturated heterocycles. The number of amides is 3. The van der Waals surface area contributed by atoms with Crippen molar-refractivity contribution in [2.24, 2.45) is 11.5 Å². The molecule has 0 spiro atoms. The topological polar surface area (TPSA) is 218 Å². The third-order valence-corrected chi connectivity index (χ3v) is 12.2. The summed E-state index contributed by atoms with van der Waals surface area (Å²) in [6.45, 7) is 0.625.